The van der Waals surface area contributed by atoms with Gasteiger partial charge in [-0.2, -0.15) is 4.31 Å². The van der Waals surface area contributed by atoms with E-state index >= 15 is 0 Å². The summed E-state index contributed by atoms with van der Waals surface area (Å²) in [6.07, 6.45) is -0.377. The van der Waals surface area contributed by atoms with Gasteiger partial charge in [0.05, 0.1) is 25.2 Å². The van der Waals surface area contributed by atoms with Crippen LogP contribution in [0.5, 0.6) is 5.75 Å². The number of nitrogens with zero attached hydrogens (tertiary/aromatic N) is 1. The summed E-state index contributed by atoms with van der Waals surface area (Å²) in [5.74, 6) is -1.10. The van der Waals surface area contributed by atoms with Gasteiger partial charge in [0.2, 0.25) is 10.0 Å². The molecule has 1 aliphatic rings. The van der Waals surface area contributed by atoms with E-state index in [1.807, 2.05) is 19.1 Å². The van der Waals surface area contributed by atoms with Crippen molar-refractivity contribution in [3.63, 3.8) is 0 Å². The number of amides is 2. The first kappa shape index (κ1) is 25.7. The number of hydrogen-bond donors (Lipinski definition) is 2. The summed E-state index contributed by atoms with van der Waals surface area (Å²) >= 11 is 0. The Labute approximate surface area is 200 Å². The lowest BCUT2D eigenvalue weighted by molar-refractivity contribution is -0.140. The lowest BCUT2D eigenvalue weighted by atomic mass is 10.1. The van der Waals surface area contributed by atoms with Crippen LogP contribution < -0.4 is 15.4 Å². The number of benzene rings is 2. The van der Waals surface area contributed by atoms with Gasteiger partial charge >= 0.3 is 11.8 Å². The quantitative estimate of drug-likeness (QED) is 0.574. The third-order valence-corrected chi connectivity index (χ3v) is 7.80. The summed E-state index contributed by atoms with van der Waals surface area (Å²) in [4.78, 5) is 24.9. The van der Waals surface area contributed by atoms with Crippen LogP contribution in [0.4, 0.5) is 0 Å². The zero-order chi connectivity index (χ0) is 24.9. The van der Waals surface area contributed by atoms with E-state index in [9.17, 15) is 18.0 Å². The minimum Gasteiger partial charge on any atom is -0.496 e. The Balaban J connectivity index is 1.66. The van der Waals surface area contributed by atoms with Crippen LogP contribution in [-0.4, -0.2) is 57.6 Å². The van der Waals surface area contributed by atoms with Gasteiger partial charge in [0.25, 0.3) is 0 Å². The second-order valence-electron chi connectivity index (χ2n) is 8.23. The summed E-state index contributed by atoms with van der Waals surface area (Å²) in [6, 6.07) is 10.8. The van der Waals surface area contributed by atoms with E-state index in [2.05, 4.69) is 10.6 Å². The fourth-order valence-electron chi connectivity index (χ4n) is 4.16. The molecule has 0 bridgehead atoms. The highest BCUT2D eigenvalue weighted by Gasteiger charge is 2.36. The molecular weight excluding hydrogens is 458 g/mol. The molecule has 1 atom stereocenters. The van der Waals surface area contributed by atoms with Crippen molar-refractivity contribution in [2.45, 2.75) is 44.9 Å². The van der Waals surface area contributed by atoms with Crippen molar-refractivity contribution in [3.8, 4) is 5.75 Å². The van der Waals surface area contributed by atoms with Gasteiger partial charge in [-0.3, -0.25) is 9.59 Å². The lowest BCUT2D eigenvalue weighted by Crippen LogP contribution is -2.53. The molecule has 2 amide bonds. The number of carbonyl (C=O) groups excluding carboxylic acids is 2. The zero-order valence-corrected chi connectivity index (χ0v) is 20.7. The SMILES string of the molecule is COc1ccccc1CNC(=O)C(=O)NC[C@@H]1OCCCN1S(=O)(=O)c1c(C)cc(C)cc1C. The number of para-hydroxylation sites is 1. The molecule has 0 spiro atoms. The molecule has 34 heavy (non-hydrogen) atoms. The number of rotatable bonds is 7. The molecule has 1 aliphatic heterocycles. The molecule has 0 radical (unpaired) electrons. The van der Waals surface area contributed by atoms with Crippen molar-refractivity contribution in [1.82, 2.24) is 14.9 Å². The summed E-state index contributed by atoms with van der Waals surface area (Å²) in [7, 11) is -2.34. The molecule has 0 unspecified atom stereocenters. The van der Waals surface area contributed by atoms with E-state index in [0.717, 1.165) is 11.1 Å². The summed E-state index contributed by atoms with van der Waals surface area (Å²) in [6.45, 7) is 6.03. The fourth-order valence-corrected chi connectivity index (χ4v) is 6.14. The number of sulfonamides is 1. The van der Waals surface area contributed by atoms with Crippen LogP contribution in [0.1, 0.15) is 28.7 Å². The molecule has 10 heteroatoms. The van der Waals surface area contributed by atoms with Crippen molar-refractivity contribution < 1.29 is 27.5 Å². The zero-order valence-electron chi connectivity index (χ0n) is 19.9. The molecule has 9 nitrogen and oxygen atoms in total. The van der Waals surface area contributed by atoms with Crippen LogP contribution in [0.3, 0.4) is 0 Å². The molecule has 2 N–H and O–H groups in total. The first-order valence-corrected chi connectivity index (χ1v) is 12.5. The van der Waals surface area contributed by atoms with E-state index in [0.29, 0.717) is 29.9 Å². The van der Waals surface area contributed by atoms with Crippen LogP contribution in [-0.2, 0) is 30.9 Å². The van der Waals surface area contributed by atoms with Gasteiger partial charge < -0.3 is 20.1 Å². The summed E-state index contributed by atoms with van der Waals surface area (Å²) in [5.41, 5.74) is 3.01. The molecule has 1 fully saturated rings. The average molecular weight is 490 g/mol. The van der Waals surface area contributed by atoms with Crippen LogP contribution in [0.15, 0.2) is 41.3 Å². The minimum absolute atomic E-state index is 0.114. The molecule has 2 aromatic rings. The monoisotopic (exact) mass is 489 g/mol. The predicted octanol–water partition coefficient (Wildman–Crippen LogP) is 1.79. The van der Waals surface area contributed by atoms with Crippen LogP contribution >= 0.6 is 0 Å². The van der Waals surface area contributed by atoms with Gasteiger partial charge in [-0.1, -0.05) is 35.9 Å². The molecule has 184 valence electrons. The van der Waals surface area contributed by atoms with Crippen molar-refractivity contribution in [2.75, 3.05) is 26.8 Å². The highest BCUT2D eigenvalue weighted by atomic mass is 32.2. The Morgan fingerprint density at radius 1 is 1.09 bits per heavy atom. The van der Waals surface area contributed by atoms with Crippen LogP contribution in [0, 0.1) is 20.8 Å². The van der Waals surface area contributed by atoms with Crippen molar-refractivity contribution in [2.24, 2.45) is 0 Å². The van der Waals surface area contributed by atoms with Crippen molar-refractivity contribution in [3.05, 3.63) is 58.7 Å². The maximum absolute atomic E-state index is 13.5. The number of carbonyl (C=O) groups is 2. The van der Waals surface area contributed by atoms with Crippen molar-refractivity contribution >= 4 is 21.8 Å². The topological polar surface area (TPSA) is 114 Å². The number of hydrogen-bond acceptors (Lipinski definition) is 6. The second-order valence-corrected chi connectivity index (χ2v) is 10.1. The maximum Gasteiger partial charge on any atom is 0.309 e. The lowest BCUT2D eigenvalue weighted by Gasteiger charge is -2.35. The average Bonchev–Trinajstić information content (AvgIpc) is 2.80. The van der Waals surface area contributed by atoms with Crippen LogP contribution in [0.2, 0.25) is 0 Å². The van der Waals surface area contributed by atoms with Gasteiger partial charge in [-0.15, -0.1) is 0 Å². The van der Waals surface area contributed by atoms with E-state index < -0.39 is 28.1 Å². The van der Waals surface area contributed by atoms with Gasteiger partial charge in [0.1, 0.15) is 12.0 Å². The van der Waals surface area contributed by atoms with Crippen molar-refractivity contribution in [1.29, 1.82) is 0 Å². The van der Waals surface area contributed by atoms with E-state index in [-0.39, 0.29) is 24.5 Å². The number of methoxy groups -OCH3 is 1. The standard InChI is InChI=1S/C24H31N3O6S/c1-16-12-17(2)22(18(3)13-16)34(30,31)27-10-7-11-33-21(27)15-26-24(29)23(28)25-14-19-8-5-6-9-20(19)32-4/h5-6,8-9,12-13,21H,7,10-11,14-15H2,1-4H3,(H,25,28)(H,26,29)/t21-/m0/s1. The molecular formula is C24H31N3O6S. The molecule has 1 saturated heterocycles. The molecule has 3 rings (SSSR count). The normalized spacial score (nSPS) is 16.6. The second kappa shape index (κ2) is 11.0. The Kier molecular flexibility index (Phi) is 8.29. The van der Waals surface area contributed by atoms with E-state index in [1.165, 1.54) is 11.4 Å². The third kappa shape index (κ3) is 5.75. The molecule has 1 heterocycles. The van der Waals surface area contributed by atoms with Gasteiger partial charge in [-0.05, 0) is 44.4 Å². The van der Waals surface area contributed by atoms with E-state index in [4.69, 9.17) is 9.47 Å². The number of nitrogens with one attached hydrogen (secondary N) is 2. The number of ether oxygens (including phenoxy) is 2. The molecule has 0 aliphatic carbocycles. The predicted molar refractivity (Wildman–Crippen MR) is 127 cm³/mol. The molecule has 0 saturated carbocycles. The van der Waals surface area contributed by atoms with Gasteiger partial charge in [0, 0.05) is 18.7 Å². The van der Waals surface area contributed by atoms with E-state index in [1.54, 1.807) is 38.1 Å². The fraction of sp³-hybridized carbons (Fsp3) is 0.417. The third-order valence-electron chi connectivity index (χ3n) is 5.60. The summed E-state index contributed by atoms with van der Waals surface area (Å²) < 4.78 is 39.2. The van der Waals surface area contributed by atoms with Crippen LogP contribution in [0.25, 0.3) is 0 Å². The minimum atomic E-state index is -3.87. The summed E-state index contributed by atoms with van der Waals surface area (Å²) in [5, 5.41) is 5.04. The maximum atomic E-state index is 13.5. The smallest absolute Gasteiger partial charge is 0.309 e. The highest BCUT2D eigenvalue weighted by Crippen LogP contribution is 2.28. The first-order valence-electron chi connectivity index (χ1n) is 11.0. The Bertz CT molecular complexity index is 1140. The first-order chi connectivity index (χ1) is 16.1. The Morgan fingerprint density at radius 2 is 1.74 bits per heavy atom. The molecule has 2 aromatic carbocycles. The largest absolute Gasteiger partial charge is 0.496 e. The highest BCUT2D eigenvalue weighted by molar-refractivity contribution is 7.89. The Hall–Kier alpha value is -2.95. The Morgan fingerprint density at radius 3 is 2.41 bits per heavy atom. The van der Waals surface area contributed by atoms with Gasteiger partial charge in [0.15, 0.2) is 0 Å². The number of aryl methyl sites for hydroxylation is 3. The molecule has 0 aromatic heterocycles. The van der Waals surface area contributed by atoms with Gasteiger partial charge in [-0.25, -0.2) is 8.42 Å².